The molecule has 0 fully saturated rings. The van der Waals surface area contributed by atoms with Gasteiger partial charge in [-0.3, -0.25) is 4.79 Å². The Morgan fingerprint density at radius 1 is 1.09 bits per heavy atom. The largest absolute Gasteiger partial charge is 0.490 e. The Morgan fingerprint density at radius 2 is 1.71 bits per heavy atom. The van der Waals surface area contributed by atoms with Gasteiger partial charge in [0.05, 0.1) is 18.2 Å². The molecule has 3 aromatic rings. The number of thiazole rings is 1. The van der Waals surface area contributed by atoms with Gasteiger partial charge in [-0.15, -0.1) is 11.3 Å². The van der Waals surface area contributed by atoms with E-state index >= 15 is 0 Å². The van der Waals surface area contributed by atoms with Crippen molar-refractivity contribution < 1.29 is 33.0 Å². The number of halogens is 3. The van der Waals surface area contributed by atoms with Gasteiger partial charge in [-0.1, -0.05) is 42.5 Å². The molecule has 1 atom stereocenters. The van der Waals surface area contributed by atoms with Crippen LogP contribution in [0.1, 0.15) is 22.9 Å². The van der Waals surface area contributed by atoms with Crippen LogP contribution in [0.15, 0.2) is 60.0 Å². The number of rotatable bonds is 9. The van der Waals surface area contributed by atoms with Gasteiger partial charge in [-0.25, -0.2) is 9.78 Å². The van der Waals surface area contributed by atoms with E-state index in [4.69, 9.17) is 15.6 Å². The molecular weight excluding hydrogens is 491 g/mol. The average Bonchev–Trinajstić information content (AvgIpc) is 3.22. The van der Waals surface area contributed by atoms with Gasteiger partial charge >= 0.3 is 12.1 Å². The summed E-state index contributed by atoms with van der Waals surface area (Å²) in [5, 5.41) is 25.7. The first kappa shape index (κ1) is 27.8. The molecule has 0 spiro atoms. The first-order valence-electron chi connectivity index (χ1n) is 10.4. The molecular formula is C23H25F3N4O4S. The number of carboxylic acids is 1. The summed E-state index contributed by atoms with van der Waals surface area (Å²) in [7, 11) is 0. The van der Waals surface area contributed by atoms with Crippen LogP contribution in [-0.2, 0) is 22.4 Å². The second kappa shape index (κ2) is 13.4. The maximum absolute atomic E-state index is 12.0. The minimum atomic E-state index is -5.08. The zero-order chi connectivity index (χ0) is 25.8. The molecule has 1 heterocycles. The number of benzene rings is 2. The SMILES string of the molecule is Nc1nc(CC(=O)N[13c]2[13cH][13cH][13c](CCNC[C@H](O)c3ccccc3)[13cH][13cH]2)cs1.O=C(O)C(F)(F)F. The highest BCUT2D eigenvalue weighted by Gasteiger charge is 2.38. The van der Waals surface area contributed by atoms with Crippen molar-refractivity contribution in [2.75, 3.05) is 24.1 Å². The van der Waals surface area contributed by atoms with Crippen LogP contribution in [0, 0.1) is 0 Å². The highest BCUT2D eigenvalue weighted by Crippen LogP contribution is 2.15. The zero-order valence-corrected chi connectivity index (χ0v) is 19.3. The van der Waals surface area contributed by atoms with Gasteiger partial charge in [-0.05, 0) is 36.2 Å². The monoisotopic (exact) mass is 516 g/mol. The number of aliphatic carboxylic acids is 1. The minimum absolute atomic E-state index is 0.116. The Hall–Kier alpha value is -3.48. The van der Waals surface area contributed by atoms with E-state index in [1.807, 2.05) is 54.6 Å². The number of aliphatic hydroxyl groups is 1. The fraction of sp³-hybridized carbons (Fsp3) is 0.261. The molecule has 188 valence electrons. The highest BCUT2D eigenvalue weighted by atomic mass is 32.1. The van der Waals surface area contributed by atoms with Crippen molar-refractivity contribution in [3.8, 4) is 0 Å². The van der Waals surface area contributed by atoms with E-state index < -0.39 is 18.2 Å². The molecule has 1 aromatic heterocycles. The molecule has 35 heavy (non-hydrogen) atoms. The van der Waals surface area contributed by atoms with Crippen molar-refractivity contribution in [1.29, 1.82) is 0 Å². The molecule has 12 heteroatoms. The van der Waals surface area contributed by atoms with E-state index in [0.29, 0.717) is 17.4 Å². The number of nitrogens with one attached hydrogen (secondary N) is 2. The molecule has 0 radical (unpaired) electrons. The summed E-state index contributed by atoms with van der Waals surface area (Å²) in [6, 6.07) is 17.4. The third-order valence-corrected chi connectivity index (χ3v) is 5.23. The minimum Gasteiger partial charge on any atom is -0.475 e. The normalized spacial score (nSPS) is 11.8. The number of carboxylic acid groups (broad SMARTS) is 1. The first-order valence-corrected chi connectivity index (χ1v) is 11.2. The number of carbonyl (C=O) groups excluding carboxylic acids is 1. The number of carbonyl (C=O) groups is 2. The van der Waals surface area contributed by atoms with Crippen LogP contribution in [-0.4, -0.2) is 46.3 Å². The van der Waals surface area contributed by atoms with E-state index in [9.17, 15) is 23.1 Å². The number of anilines is 2. The third-order valence-electron chi connectivity index (χ3n) is 4.50. The van der Waals surface area contributed by atoms with Crippen LogP contribution in [0.3, 0.4) is 0 Å². The lowest BCUT2D eigenvalue weighted by Crippen LogP contribution is -2.23. The summed E-state index contributed by atoms with van der Waals surface area (Å²) in [5.74, 6) is -2.87. The Bertz CT molecular complexity index is 1080. The number of nitrogen functional groups attached to an aromatic ring is 1. The van der Waals surface area contributed by atoms with Gasteiger partial charge in [0.25, 0.3) is 0 Å². The number of amides is 1. The van der Waals surface area contributed by atoms with Gasteiger partial charge in [0.1, 0.15) is 0 Å². The fourth-order valence-corrected chi connectivity index (χ4v) is 3.36. The van der Waals surface area contributed by atoms with Crippen molar-refractivity contribution >= 4 is 34.0 Å². The van der Waals surface area contributed by atoms with Gasteiger partial charge in [0.15, 0.2) is 5.13 Å². The molecule has 0 aliphatic heterocycles. The molecule has 6 N–H and O–H groups in total. The lowest BCUT2D eigenvalue weighted by atomic mass is 10.1. The lowest BCUT2D eigenvalue weighted by molar-refractivity contribution is -0.192. The van der Waals surface area contributed by atoms with Crippen LogP contribution in [0.2, 0.25) is 0 Å². The van der Waals surface area contributed by atoms with Gasteiger partial charge in [0.2, 0.25) is 5.91 Å². The van der Waals surface area contributed by atoms with Crippen molar-refractivity contribution in [3.63, 3.8) is 0 Å². The second-order valence-corrected chi connectivity index (χ2v) is 8.17. The quantitative estimate of drug-likeness (QED) is 0.275. The van der Waals surface area contributed by atoms with Crippen molar-refractivity contribution in [1.82, 2.24) is 10.3 Å². The molecule has 0 unspecified atom stereocenters. The molecule has 0 saturated heterocycles. The van der Waals surface area contributed by atoms with Gasteiger partial charge in [-0.2, -0.15) is 13.2 Å². The maximum Gasteiger partial charge on any atom is 0.490 e. The molecule has 8 nitrogen and oxygen atoms in total. The molecule has 0 aliphatic carbocycles. The average molecular weight is 516 g/mol. The number of aliphatic hydroxyl groups excluding tert-OH is 1. The van der Waals surface area contributed by atoms with Crippen molar-refractivity contribution in [2.45, 2.75) is 25.1 Å². The van der Waals surface area contributed by atoms with Gasteiger partial charge < -0.3 is 26.6 Å². The molecule has 1 amide bonds. The lowest BCUT2D eigenvalue weighted by Gasteiger charge is -2.12. The van der Waals surface area contributed by atoms with Crippen LogP contribution in [0.4, 0.5) is 24.0 Å². The second-order valence-electron chi connectivity index (χ2n) is 7.28. The summed E-state index contributed by atoms with van der Waals surface area (Å²) in [4.78, 5) is 25.0. The number of hydrogen-bond donors (Lipinski definition) is 5. The van der Waals surface area contributed by atoms with E-state index in [1.54, 1.807) is 5.38 Å². The maximum atomic E-state index is 12.0. The van der Waals surface area contributed by atoms with Crippen LogP contribution in [0.25, 0.3) is 0 Å². The van der Waals surface area contributed by atoms with Crippen LogP contribution in [0.5, 0.6) is 0 Å². The number of aromatic nitrogens is 1. The third kappa shape index (κ3) is 10.5. The van der Waals surface area contributed by atoms with E-state index in [-0.39, 0.29) is 12.3 Å². The molecule has 3 rings (SSSR count). The van der Waals surface area contributed by atoms with Crippen molar-refractivity contribution in [2.24, 2.45) is 0 Å². The topological polar surface area (TPSA) is 138 Å². The van der Waals surface area contributed by atoms with E-state index in [1.165, 1.54) is 11.3 Å². The predicted molar refractivity (Wildman–Crippen MR) is 127 cm³/mol. The Labute approximate surface area is 203 Å². The molecule has 0 aliphatic rings. The summed E-state index contributed by atoms with van der Waals surface area (Å²) >= 11 is 1.33. The molecule has 0 bridgehead atoms. The number of nitrogens with zero attached hydrogens (tertiary/aromatic N) is 1. The van der Waals surface area contributed by atoms with Crippen LogP contribution >= 0.6 is 11.3 Å². The van der Waals surface area contributed by atoms with Crippen LogP contribution < -0.4 is 16.4 Å². The standard InChI is InChI=1S/C21H24N4O2S.C2HF3O2/c22-21-25-18(14-28-21)12-20(27)24-17-8-6-15(7-9-17)10-11-23-13-19(26)16-4-2-1-3-5-16;3-2(4,5)1(6)7/h1-9,14,19,23,26H,10-13H2,(H2,22,25)(H,24,27);(H,6,7)/t19-;/m0./s1/i6+1,7+1,8+1,9+1,15+1,17+1;. The summed E-state index contributed by atoms with van der Waals surface area (Å²) in [6.45, 7) is 1.28. The van der Waals surface area contributed by atoms with Gasteiger partial charge in [0, 0.05) is 17.6 Å². The highest BCUT2D eigenvalue weighted by molar-refractivity contribution is 7.13. The summed E-state index contributed by atoms with van der Waals surface area (Å²) in [5.41, 5.74) is 9.08. The summed E-state index contributed by atoms with van der Waals surface area (Å²) in [6.07, 6.45) is -4.54. The first-order chi connectivity index (χ1) is 16.5. The van der Waals surface area contributed by atoms with E-state index in [0.717, 1.165) is 29.8 Å². The smallest absolute Gasteiger partial charge is 0.475 e. The molecule has 0 saturated carbocycles. The Morgan fingerprint density at radius 3 is 2.26 bits per heavy atom. The fourth-order valence-electron chi connectivity index (χ4n) is 2.79. The Kier molecular flexibility index (Phi) is 10.6. The molecule has 2 aromatic carbocycles. The van der Waals surface area contributed by atoms with Crippen molar-refractivity contribution in [3.05, 3.63) is 76.8 Å². The zero-order valence-electron chi connectivity index (χ0n) is 18.5. The van der Waals surface area contributed by atoms with E-state index in [2.05, 4.69) is 15.6 Å². The Balaban J connectivity index is 0.000000540. The predicted octanol–water partition coefficient (Wildman–Crippen LogP) is 3.41. The number of alkyl halides is 3. The summed E-state index contributed by atoms with van der Waals surface area (Å²) < 4.78 is 31.7. The number of hydrogen-bond acceptors (Lipinski definition) is 7. The number of nitrogens with two attached hydrogens (primary N) is 1.